The molecule has 0 heterocycles. The minimum Gasteiger partial charge on any atom is -0.507 e. The molecule has 0 spiro atoms. The van der Waals surface area contributed by atoms with Crippen LogP contribution in [-0.2, 0) is 6.42 Å². The highest BCUT2D eigenvalue weighted by Gasteiger charge is 2.10. The molecule has 2 aromatic carbocycles. The number of aldehydes is 1. The van der Waals surface area contributed by atoms with E-state index >= 15 is 0 Å². The Morgan fingerprint density at radius 3 is 2.68 bits per heavy atom. The van der Waals surface area contributed by atoms with Crippen LogP contribution in [0.4, 0.5) is 0 Å². The Labute approximate surface area is 112 Å². The zero-order chi connectivity index (χ0) is 13.8. The van der Waals surface area contributed by atoms with E-state index in [1.165, 1.54) is 6.07 Å². The third kappa shape index (κ3) is 2.45. The molecular weight excluding hydrogens is 240 g/mol. The van der Waals surface area contributed by atoms with Crippen molar-refractivity contribution in [3.05, 3.63) is 47.5 Å². The molecule has 0 atom stereocenters. The number of aromatic hydroxyl groups is 1. The molecule has 0 radical (unpaired) electrons. The molecule has 0 aliphatic carbocycles. The van der Waals surface area contributed by atoms with Crippen LogP contribution in [0.1, 0.15) is 22.8 Å². The van der Waals surface area contributed by atoms with Gasteiger partial charge in [0.25, 0.3) is 0 Å². The molecule has 3 nitrogen and oxygen atoms in total. The number of phenols is 1. The molecule has 19 heavy (non-hydrogen) atoms. The van der Waals surface area contributed by atoms with Crippen molar-refractivity contribution in [2.75, 3.05) is 7.11 Å². The SMILES string of the molecule is CCc1c(OC)cccc1-c1ccc(O)c(C=O)c1. The Bertz CT molecular complexity index is 603. The van der Waals surface area contributed by atoms with Gasteiger partial charge < -0.3 is 9.84 Å². The second kappa shape index (κ2) is 5.57. The monoisotopic (exact) mass is 256 g/mol. The highest BCUT2D eigenvalue weighted by molar-refractivity contribution is 5.83. The minimum atomic E-state index is -0.000283. The van der Waals surface area contributed by atoms with Crippen molar-refractivity contribution in [3.8, 4) is 22.6 Å². The number of hydrogen-bond acceptors (Lipinski definition) is 3. The minimum absolute atomic E-state index is 0.000283. The molecule has 0 aromatic heterocycles. The Morgan fingerprint density at radius 2 is 2.05 bits per heavy atom. The number of methoxy groups -OCH3 is 1. The van der Waals surface area contributed by atoms with Gasteiger partial charge in [-0.05, 0) is 35.7 Å². The summed E-state index contributed by atoms with van der Waals surface area (Å²) >= 11 is 0. The van der Waals surface area contributed by atoms with Gasteiger partial charge in [-0.1, -0.05) is 25.1 Å². The van der Waals surface area contributed by atoms with Crippen LogP contribution in [0.3, 0.4) is 0 Å². The van der Waals surface area contributed by atoms with Crippen molar-refractivity contribution in [2.45, 2.75) is 13.3 Å². The van der Waals surface area contributed by atoms with Crippen LogP contribution in [0.15, 0.2) is 36.4 Å². The molecule has 2 aromatic rings. The number of carbonyl (C=O) groups is 1. The van der Waals surface area contributed by atoms with Crippen LogP contribution in [0.2, 0.25) is 0 Å². The van der Waals surface area contributed by atoms with Crippen molar-refractivity contribution in [1.29, 1.82) is 0 Å². The molecule has 0 aliphatic heterocycles. The largest absolute Gasteiger partial charge is 0.507 e. The molecule has 3 heteroatoms. The summed E-state index contributed by atoms with van der Waals surface area (Å²) in [7, 11) is 1.64. The summed E-state index contributed by atoms with van der Waals surface area (Å²) in [6.07, 6.45) is 1.49. The van der Waals surface area contributed by atoms with E-state index in [1.54, 1.807) is 19.2 Å². The summed E-state index contributed by atoms with van der Waals surface area (Å²) in [6.45, 7) is 2.06. The Kier molecular flexibility index (Phi) is 3.85. The lowest BCUT2D eigenvalue weighted by atomic mass is 9.96. The van der Waals surface area contributed by atoms with Crippen molar-refractivity contribution < 1.29 is 14.6 Å². The Hall–Kier alpha value is -2.29. The molecule has 0 unspecified atom stereocenters. The van der Waals surface area contributed by atoms with Gasteiger partial charge >= 0.3 is 0 Å². The maximum absolute atomic E-state index is 10.9. The maximum Gasteiger partial charge on any atom is 0.153 e. The van der Waals surface area contributed by atoms with E-state index in [0.717, 1.165) is 28.9 Å². The van der Waals surface area contributed by atoms with Crippen LogP contribution >= 0.6 is 0 Å². The molecule has 98 valence electrons. The number of ether oxygens (including phenoxy) is 1. The quantitative estimate of drug-likeness (QED) is 0.852. The number of rotatable bonds is 4. The number of benzene rings is 2. The molecule has 2 rings (SSSR count). The molecule has 0 fully saturated rings. The average molecular weight is 256 g/mol. The molecule has 0 saturated carbocycles. The normalized spacial score (nSPS) is 10.2. The molecule has 0 aliphatic rings. The van der Waals surface area contributed by atoms with Gasteiger partial charge in [-0.15, -0.1) is 0 Å². The van der Waals surface area contributed by atoms with Crippen LogP contribution in [0.25, 0.3) is 11.1 Å². The smallest absolute Gasteiger partial charge is 0.153 e. The average Bonchev–Trinajstić information content (AvgIpc) is 2.46. The van der Waals surface area contributed by atoms with Crippen molar-refractivity contribution in [3.63, 3.8) is 0 Å². The fourth-order valence-electron chi connectivity index (χ4n) is 2.21. The van der Waals surface area contributed by atoms with E-state index in [4.69, 9.17) is 4.74 Å². The first-order valence-corrected chi connectivity index (χ1v) is 6.15. The van der Waals surface area contributed by atoms with Crippen LogP contribution in [0.5, 0.6) is 11.5 Å². The molecule has 0 bridgehead atoms. The highest BCUT2D eigenvalue weighted by atomic mass is 16.5. The summed E-state index contributed by atoms with van der Waals surface area (Å²) in [4.78, 5) is 10.9. The van der Waals surface area contributed by atoms with Crippen LogP contribution < -0.4 is 4.74 Å². The van der Waals surface area contributed by atoms with Crippen LogP contribution in [-0.4, -0.2) is 18.5 Å². The lowest BCUT2D eigenvalue weighted by molar-refractivity contribution is 0.112. The lowest BCUT2D eigenvalue weighted by Gasteiger charge is -2.13. The van der Waals surface area contributed by atoms with Crippen molar-refractivity contribution in [1.82, 2.24) is 0 Å². The second-order valence-corrected chi connectivity index (χ2v) is 4.23. The molecule has 0 amide bonds. The number of carbonyl (C=O) groups excluding carboxylic acids is 1. The third-order valence-corrected chi connectivity index (χ3v) is 3.17. The summed E-state index contributed by atoms with van der Waals surface area (Å²) in [5.74, 6) is 0.834. The standard InChI is InChI=1S/C16H16O3/c1-3-13-14(5-4-6-16(13)19-2)11-7-8-15(18)12(9-11)10-17/h4-10,18H,3H2,1-2H3. The van der Waals surface area contributed by atoms with E-state index in [9.17, 15) is 9.90 Å². The zero-order valence-corrected chi connectivity index (χ0v) is 11.0. The van der Waals surface area contributed by atoms with E-state index in [2.05, 4.69) is 6.92 Å². The van der Waals surface area contributed by atoms with E-state index in [1.807, 2.05) is 18.2 Å². The van der Waals surface area contributed by atoms with E-state index in [-0.39, 0.29) is 5.75 Å². The number of hydrogen-bond donors (Lipinski definition) is 1. The van der Waals surface area contributed by atoms with Gasteiger partial charge in [-0.25, -0.2) is 0 Å². The predicted octanol–water partition coefficient (Wildman–Crippen LogP) is 3.44. The predicted molar refractivity (Wildman–Crippen MR) is 74.9 cm³/mol. The number of phenolic OH excluding ortho intramolecular Hbond substituents is 1. The van der Waals surface area contributed by atoms with Crippen molar-refractivity contribution in [2.24, 2.45) is 0 Å². The summed E-state index contributed by atoms with van der Waals surface area (Å²) < 4.78 is 5.36. The maximum atomic E-state index is 10.9. The summed E-state index contributed by atoms with van der Waals surface area (Å²) in [5, 5.41) is 9.55. The topological polar surface area (TPSA) is 46.5 Å². The molecule has 0 saturated heterocycles. The van der Waals surface area contributed by atoms with Gasteiger partial charge in [0.2, 0.25) is 0 Å². The lowest BCUT2D eigenvalue weighted by Crippen LogP contribution is -1.94. The molecular formula is C16H16O3. The van der Waals surface area contributed by atoms with Gasteiger partial charge in [0, 0.05) is 5.56 Å². The third-order valence-electron chi connectivity index (χ3n) is 3.17. The van der Waals surface area contributed by atoms with Gasteiger partial charge in [-0.2, -0.15) is 0 Å². The summed E-state index contributed by atoms with van der Waals surface area (Å²) in [5.41, 5.74) is 3.30. The fourth-order valence-corrected chi connectivity index (χ4v) is 2.21. The van der Waals surface area contributed by atoms with Crippen molar-refractivity contribution >= 4 is 6.29 Å². The highest BCUT2D eigenvalue weighted by Crippen LogP contribution is 2.32. The first-order valence-electron chi connectivity index (χ1n) is 6.15. The fraction of sp³-hybridized carbons (Fsp3) is 0.188. The van der Waals surface area contributed by atoms with Crippen LogP contribution in [0, 0.1) is 0 Å². The van der Waals surface area contributed by atoms with Gasteiger partial charge in [0.1, 0.15) is 11.5 Å². The second-order valence-electron chi connectivity index (χ2n) is 4.23. The first kappa shape index (κ1) is 13.1. The van der Waals surface area contributed by atoms with E-state index in [0.29, 0.717) is 11.8 Å². The summed E-state index contributed by atoms with van der Waals surface area (Å²) in [6, 6.07) is 10.9. The van der Waals surface area contributed by atoms with Gasteiger partial charge in [0.15, 0.2) is 6.29 Å². The Morgan fingerprint density at radius 1 is 1.26 bits per heavy atom. The first-order chi connectivity index (χ1) is 9.21. The Balaban J connectivity index is 2.61. The van der Waals surface area contributed by atoms with E-state index < -0.39 is 0 Å². The van der Waals surface area contributed by atoms with Gasteiger partial charge in [-0.3, -0.25) is 4.79 Å². The molecule has 1 N–H and O–H groups in total. The van der Waals surface area contributed by atoms with Gasteiger partial charge in [0.05, 0.1) is 12.7 Å². The zero-order valence-electron chi connectivity index (χ0n) is 11.0.